The largest absolute Gasteiger partial charge is 0.370 e. The topological polar surface area (TPSA) is 79.0 Å². The van der Waals surface area contributed by atoms with Gasteiger partial charge in [0.05, 0.1) is 11.5 Å². The highest BCUT2D eigenvalue weighted by Gasteiger charge is 2.30. The number of carbonyl (C=O) groups excluding carboxylic acids is 1. The van der Waals surface area contributed by atoms with Crippen LogP contribution in [0, 0.1) is 5.92 Å². The Hall–Kier alpha value is -2.26. The van der Waals surface area contributed by atoms with E-state index in [9.17, 15) is 13.2 Å². The van der Waals surface area contributed by atoms with Gasteiger partial charge in [-0.15, -0.1) is 0 Å². The van der Waals surface area contributed by atoms with Gasteiger partial charge in [-0.25, -0.2) is 8.42 Å². The second kappa shape index (κ2) is 12.4. The van der Waals surface area contributed by atoms with Crippen LogP contribution in [0.5, 0.6) is 0 Å². The van der Waals surface area contributed by atoms with Gasteiger partial charge in [0.2, 0.25) is 15.9 Å². The molecule has 34 heavy (non-hydrogen) atoms. The first kappa shape index (κ1) is 26.3. The van der Waals surface area contributed by atoms with Crippen molar-refractivity contribution < 1.29 is 17.9 Å². The minimum atomic E-state index is -3.55. The van der Waals surface area contributed by atoms with Crippen molar-refractivity contribution in [3.05, 3.63) is 66.2 Å². The fourth-order valence-electron chi connectivity index (χ4n) is 4.74. The number of hydrogen-bond acceptors (Lipinski definition) is 5. The molecule has 3 rings (SSSR count). The van der Waals surface area contributed by atoms with Crippen LogP contribution < -0.4 is 5.32 Å². The smallest absolute Gasteiger partial charge is 0.246 e. The van der Waals surface area contributed by atoms with Crippen molar-refractivity contribution in [3.63, 3.8) is 0 Å². The highest BCUT2D eigenvalue weighted by atomic mass is 32.2. The second-order valence-electron chi connectivity index (χ2n) is 9.19. The molecule has 0 saturated heterocycles. The molecule has 0 heterocycles. The molecular weight excluding hydrogens is 450 g/mol. The van der Waals surface area contributed by atoms with Gasteiger partial charge >= 0.3 is 0 Å². The number of nitrogens with zero attached hydrogens (tertiary/aromatic N) is 2. The number of amides is 1. The molecule has 1 aliphatic carbocycles. The zero-order chi connectivity index (χ0) is 24.6. The summed E-state index contributed by atoms with van der Waals surface area (Å²) in [5.41, 5.74) is 1.34. The third-order valence-electron chi connectivity index (χ3n) is 6.52. The van der Waals surface area contributed by atoms with Crippen LogP contribution in [0.15, 0.2) is 65.6 Å². The molecule has 1 aliphatic rings. The van der Waals surface area contributed by atoms with Gasteiger partial charge in [0.1, 0.15) is 6.61 Å². The first-order valence-corrected chi connectivity index (χ1v) is 13.3. The van der Waals surface area contributed by atoms with Crippen LogP contribution in [0.25, 0.3) is 0 Å². The summed E-state index contributed by atoms with van der Waals surface area (Å²) in [5.74, 6) is 0.410. The molecule has 1 atom stereocenters. The third-order valence-corrected chi connectivity index (χ3v) is 8.39. The fraction of sp³-hybridized carbons (Fsp3) is 0.500. The van der Waals surface area contributed by atoms with E-state index >= 15 is 0 Å². The van der Waals surface area contributed by atoms with Gasteiger partial charge in [-0.2, -0.15) is 4.31 Å². The highest BCUT2D eigenvalue weighted by Crippen LogP contribution is 2.37. The number of rotatable bonds is 11. The van der Waals surface area contributed by atoms with E-state index in [0.29, 0.717) is 12.0 Å². The zero-order valence-electron chi connectivity index (χ0n) is 20.4. The molecule has 1 amide bonds. The van der Waals surface area contributed by atoms with Crippen molar-refractivity contribution in [1.29, 1.82) is 0 Å². The first-order valence-electron chi connectivity index (χ1n) is 11.9. The van der Waals surface area contributed by atoms with Gasteiger partial charge in [0, 0.05) is 25.7 Å². The van der Waals surface area contributed by atoms with E-state index in [1.165, 1.54) is 16.9 Å². The normalized spacial score (nSPS) is 19.8. The molecule has 186 valence electrons. The Morgan fingerprint density at radius 2 is 1.56 bits per heavy atom. The van der Waals surface area contributed by atoms with E-state index < -0.39 is 10.0 Å². The van der Waals surface area contributed by atoms with Gasteiger partial charge in [-0.1, -0.05) is 48.5 Å². The van der Waals surface area contributed by atoms with Gasteiger partial charge < -0.3 is 15.0 Å². The Morgan fingerprint density at radius 3 is 2.15 bits per heavy atom. The van der Waals surface area contributed by atoms with Crippen molar-refractivity contribution in [3.8, 4) is 0 Å². The summed E-state index contributed by atoms with van der Waals surface area (Å²) in [5, 5.41) is 3.08. The summed E-state index contributed by atoms with van der Waals surface area (Å²) in [6, 6.07) is 19.4. The Kier molecular flexibility index (Phi) is 9.64. The fourth-order valence-corrected chi connectivity index (χ4v) is 5.92. The highest BCUT2D eigenvalue weighted by molar-refractivity contribution is 7.89. The van der Waals surface area contributed by atoms with Gasteiger partial charge in [0.25, 0.3) is 0 Å². The number of hydrogen-bond donors (Lipinski definition) is 1. The molecule has 0 aliphatic heterocycles. The van der Waals surface area contributed by atoms with Crippen LogP contribution in [-0.2, 0) is 19.6 Å². The molecular formula is C26H37N3O4S. The quantitative estimate of drug-likeness (QED) is 0.492. The molecule has 1 unspecified atom stereocenters. The Bertz CT molecular complexity index is 991. The summed E-state index contributed by atoms with van der Waals surface area (Å²) in [6.07, 6.45) is 4.02. The third kappa shape index (κ3) is 7.12. The monoisotopic (exact) mass is 487 g/mol. The van der Waals surface area contributed by atoms with Crippen LogP contribution in [0.1, 0.15) is 37.3 Å². The molecule has 7 nitrogen and oxygen atoms in total. The standard InChI is InChI=1S/C26H37N3O4S/c1-28(2)26(21-10-6-4-7-11-21)22-14-16-23(17-15-22)27-25(30)20-33-19-18-29(3)34(31,32)24-12-8-5-9-13-24/h4-13,22-23,26H,14-20H2,1-3H3,(H,27,30). The lowest BCUT2D eigenvalue weighted by molar-refractivity contribution is -0.126. The summed E-state index contributed by atoms with van der Waals surface area (Å²) in [4.78, 5) is 14.9. The lowest BCUT2D eigenvalue weighted by Crippen LogP contribution is -2.41. The molecule has 1 saturated carbocycles. The van der Waals surface area contributed by atoms with Crippen LogP contribution >= 0.6 is 0 Å². The van der Waals surface area contributed by atoms with E-state index in [1.54, 1.807) is 30.3 Å². The minimum absolute atomic E-state index is 0.0660. The number of carbonyl (C=O) groups is 1. The van der Waals surface area contributed by atoms with E-state index in [-0.39, 0.29) is 36.6 Å². The number of likely N-dealkylation sites (N-methyl/N-ethyl adjacent to an activating group) is 1. The minimum Gasteiger partial charge on any atom is -0.370 e. The van der Waals surface area contributed by atoms with E-state index in [0.717, 1.165) is 25.7 Å². The van der Waals surface area contributed by atoms with Crippen molar-refractivity contribution in [2.75, 3.05) is 40.9 Å². The lowest BCUT2D eigenvalue weighted by atomic mass is 9.78. The van der Waals surface area contributed by atoms with E-state index in [1.807, 2.05) is 6.07 Å². The van der Waals surface area contributed by atoms with Gasteiger partial charge in [0.15, 0.2) is 0 Å². The molecule has 2 aromatic carbocycles. The molecule has 2 aromatic rings. The maximum Gasteiger partial charge on any atom is 0.246 e. The average molecular weight is 488 g/mol. The molecule has 0 spiro atoms. The van der Waals surface area contributed by atoms with Crippen molar-refractivity contribution in [2.24, 2.45) is 5.92 Å². The molecule has 1 fully saturated rings. The van der Waals surface area contributed by atoms with Crippen molar-refractivity contribution >= 4 is 15.9 Å². The summed E-state index contributed by atoms with van der Waals surface area (Å²) in [6.45, 7) is 0.273. The molecule has 8 heteroatoms. The lowest BCUT2D eigenvalue weighted by Gasteiger charge is -2.37. The number of sulfonamides is 1. The summed E-state index contributed by atoms with van der Waals surface area (Å²) in [7, 11) is 2.22. The molecule has 0 aromatic heterocycles. The van der Waals surface area contributed by atoms with Gasteiger partial charge in [-0.3, -0.25) is 4.79 Å². The van der Waals surface area contributed by atoms with Crippen LogP contribution in [0.4, 0.5) is 0 Å². The number of benzene rings is 2. The molecule has 0 radical (unpaired) electrons. The van der Waals surface area contributed by atoms with Crippen LogP contribution in [0.2, 0.25) is 0 Å². The number of ether oxygens (including phenoxy) is 1. The van der Waals surface area contributed by atoms with E-state index in [4.69, 9.17) is 4.74 Å². The van der Waals surface area contributed by atoms with Crippen LogP contribution in [0.3, 0.4) is 0 Å². The summed E-state index contributed by atoms with van der Waals surface area (Å²) >= 11 is 0. The molecule has 0 bridgehead atoms. The predicted molar refractivity (Wildman–Crippen MR) is 134 cm³/mol. The zero-order valence-corrected chi connectivity index (χ0v) is 21.2. The second-order valence-corrected chi connectivity index (χ2v) is 11.2. The SMILES string of the molecule is CN(C)C(c1ccccc1)C1CCC(NC(=O)COCCN(C)S(=O)(=O)c2ccccc2)CC1. The van der Waals surface area contributed by atoms with E-state index in [2.05, 4.69) is 48.6 Å². The predicted octanol–water partition coefficient (Wildman–Crippen LogP) is 3.30. The van der Waals surface area contributed by atoms with Crippen LogP contribution in [-0.4, -0.2) is 70.5 Å². The molecule has 1 N–H and O–H groups in total. The van der Waals surface area contributed by atoms with Crippen molar-refractivity contribution in [2.45, 2.75) is 42.7 Å². The van der Waals surface area contributed by atoms with Crippen molar-refractivity contribution in [1.82, 2.24) is 14.5 Å². The maximum atomic E-state index is 12.5. The summed E-state index contributed by atoms with van der Waals surface area (Å²) < 4.78 is 31.7. The number of nitrogens with one attached hydrogen (secondary N) is 1. The Morgan fingerprint density at radius 1 is 0.971 bits per heavy atom. The van der Waals surface area contributed by atoms with Gasteiger partial charge in [-0.05, 0) is 63.4 Å². The average Bonchev–Trinajstić information content (AvgIpc) is 2.84. The Labute approximate surface area is 204 Å². The Balaban J connectivity index is 1.38. The maximum absolute atomic E-state index is 12.5. The first-order chi connectivity index (χ1) is 16.3.